The minimum absolute atomic E-state index is 0.0799. The van der Waals surface area contributed by atoms with Gasteiger partial charge in [0.1, 0.15) is 0 Å². The molecule has 0 aliphatic carbocycles. The van der Waals surface area contributed by atoms with Crippen molar-refractivity contribution in [3.05, 3.63) is 36.4 Å². The van der Waals surface area contributed by atoms with Crippen LogP contribution in [0.3, 0.4) is 0 Å². The predicted molar refractivity (Wildman–Crippen MR) is 84.9 cm³/mol. The molecule has 104 valence electrons. The fourth-order valence-corrected chi connectivity index (χ4v) is 2.17. The van der Waals surface area contributed by atoms with Gasteiger partial charge in [0.2, 0.25) is 0 Å². The van der Waals surface area contributed by atoms with Crippen molar-refractivity contribution >= 4 is 29.0 Å². The van der Waals surface area contributed by atoms with Crippen molar-refractivity contribution in [1.29, 1.82) is 0 Å². The molecule has 1 aromatic carbocycles. The number of hydrogen-bond acceptors (Lipinski definition) is 4. The van der Waals surface area contributed by atoms with Gasteiger partial charge >= 0.3 is 0 Å². The quantitative estimate of drug-likeness (QED) is 0.388. The lowest BCUT2D eigenvalue weighted by atomic mass is 10.1. The van der Waals surface area contributed by atoms with Crippen molar-refractivity contribution in [2.75, 3.05) is 35.6 Å². The van der Waals surface area contributed by atoms with Crippen molar-refractivity contribution in [2.24, 2.45) is 0 Å². The highest BCUT2D eigenvalue weighted by atomic mass is 32.2. The Morgan fingerprint density at radius 2 is 2.32 bits per heavy atom. The van der Waals surface area contributed by atoms with Crippen LogP contribution in [0.15, 0.2) is 30.9 Å². The molecule has 0 saturated carbocycles. The molecule has 5 heteroatoms. The first kappa shape index (κ1) is 15.4. The Bertz CT molecular complexity index is 435. The van der Waals surface area contributed by atoms with E-state index in [9.17, 15) is 4.79 Å². The first-order valence-electron chi connectivity index (χ1n) is 6.29. The topological polar surface area (TPSA) is 67.1 Å². The highest BCUT2D eigenvalue weighted by molar-refractivity contribution is 7.99. The summed E-state index contributed by atoms with van der Waals surface area (Å²) in [5, 5.41) is 6.05. The van der Waals surface area contributed by atoms with Crippen LogP contribution >= 0.6 is 11.8 Å². The first-order chi connectivity index (χ1) is 9.19. The summed E-state index contributed by atoms with van der Waals surface area (Å²) in [5.74, 6) is 1.81. The molecule has 0 spiro atoms. The van der Waals surface area contributed by atoms with Crippen LogP contribution in [-0.2, 0) is 0 Å². The Balaban J connectivity index is 2.66. The van der Waals surface area contributed by atoms with E-state index in [-0.39, 0.29) is 5.91 Å². The second-order valence-corrected chi connectivity index (χ2v) is 5.10. The van der Waals surface area contributed by atoms with Crippen molar-refractivity contribution in [3.8, 4) is 0 Å². The van der Waals surface area contributed by atoms with Gasteiger partial charge in [0.25, 0.3) is 5.91 Å². The van der Waals surface area contributed by atoms with E-state index in [1.807, 2.05) is 13.0 Å². The maximum absolute atomic E-state index is 11.9. The number of carbonyl (C=O) groups is 1. The molecule has 0 aliphatic heterocycles. The van der Waals surface area contributed by atoms with E-state index < -0.39 is 0 Å². The Morgan fingerprint density at radius 3 is 3.00 bits per heavy atom. The van der Waals surface area contributed by atoms with Crippen LogP contribution < -0.4 is 16.4 Å². The Kier molecular flexibility index (Phi) is 6.89. The van der Waals surface area contributed by atoms with Gasteiger partial charge in [0.15, 0.2) is 0 Å². The molecule has 0 unspecified atom stereocenters. The highest BCUT2D eigenvalue weighted by Gasteiger charge is 2.10. The monoisotopic (exact) mass is 279 g/mol. The standard InChI is InChI=1S/C14H21N3OS/c1-3-8-19-9-7-17-13-10-11(15)5-6-12(13)14(18)16-4-2/h3,5-6,10,17H,1,4,7-9,15H2,2H3,(H,16,18). The molecule has 0 atom stereocenters. The molecule has 0 heterocycles. The number of nitrogens with one attached hydrogen (secondary N) is 2. The third-order valence-electron chi connectivity index (χ3n) is 2.42. The van der Waals surface area contributed by atoms with Gasteiger partial charge in [-0.15, -0.1) is 6.58 Å². The summed E-state index contributed by atoms with van der Waals surface area (Å²) in [4.78, 5) is 11.9. The molecule has 19 heavy (non-hydrogen) atoms. The van der Waals surface area contributed by atoms with Gasteiger partial charge in [0.05, 0.1) is 5.56 Å². The summed E-state index contributed by atoms with van der Waals surface area (Å²) in [6.45, 7) is 6.97. The molecular formula is C14H21N3OS. The van der Waals surface area contributed by atoms with Crippen LogP contribution in [0.1, 0.15) is 17.3 Å². The minimum atomic E-state index is -0.0799. The van der Waals surface area contributed by atoms with E-state index in [1.54, 1.807) is 30.0 Å². The van der Waals surface area contributed by atoms with Gasteiger partial charge in [-0.25, -0.2) is 0 Å². The average Bonchev–Trinajstić information content (AvgIpc) is 2.39. The third-order valence-corrected chi connectivity index (χ3v) is 3.39. The SMILES string of the molecule is C=CCSCCNc1cc(N)ccc1C(=O)NCC. The van der Waals surface area contributed by atoms with Crippen LogP contribution in [0, 0.1) is 0 Å². The molecule has 1 rings (SSSR count). The summed E-state index contributed by atoms with van der Waals surface area (Å²) in [5.41, 5.74) is 7.82. The van der Waals surface area contributed by atoms with Gasteiger partial charge in [-0.05, 0) is 25.1 Å². The molecule has 0 bridgehead atoms. The zero-order chi connectivity index (χ0) is 14.1. The van der Waals surface area contributed by atoms with Gasteiger partial charge in [-0.1, -0.05) is 6.08 Å². The zero-order valence-corrected chi connectivity index (χ0v) is 12.1. The molecule has 1 aromatic rings. The number of nitrogen functional groups attached to an aromatic ring is 1. The van der Waals surface area contributed by atoms with Crippen LogP contribution in [0.25, 0.3) is 0 Å². The molecule has 0 radical (unpaired) electrons. The normalized spacial score (nSPS) is 9.95. The lowest BCUT2D eigenvalue weighted by Crippen LogP contribution is -2.24. The molecule has 0 aliphatic rings. The summed E-state index contributed by atoms with van der Waals surface area (Å²) in [6, 6.07) is 5.28. The second-order valence-electron chi connectivity index (χ2n) is 3.95. The lowest BCUT2D eigenvalue weighted by Gasteiger charge is -2.12. The predicted octanol–water partition coefficient (Wildman–Crippen LogP) is 2.35. The van der Waals surface area contributed by atoms with E-state index in [0.717, 1.165) is 23.7 Å². The number of nitrogens with two attached hydrogens (primary N) is 1. The number of carbonyl (C=O) groups excluding carboxylic acids is 1. The van der Waals surface area contributed by atoms with Crippen LogP contribution in [0.4, 0.5) is 11.4 Å². The summed E-state index contributed by atoms with van der Waals surface area (Å²) in [7, 11) is 0. The van der Waals surface area contributed by atoms with Crippen LogP contribution in [-0.4, -0.2) is 30.5 Å². The molecule has 1 amide bonds. The summed E-state index contributed by atoms with van der Waals surface area (Å²) < 4.78 is 0. The van der Waals surface area contributed by atoms with Gasteiger partial charge in [0, 0.05) is 36.0 Å². The Labute approximate surface area is 118 Å². The van der Waals surface area contributed by atoms with E-state index in [0.29, 0.717) is 17.8 Å². The molecule has 4 nitrogen and oxygen atoms in total. The first-order valence-corrected chi connectivity index (χ1v) is 7.44. The summed E-state index contributed by atoms with van der Waals surface area (Å²) >= 11 is 1.79. The number of anilines is 2. The summed E-state index contributed by atoms with van der Waals surface area (Å²) in [6.07, 6.45) is 1.88. The smallest absolute Gasteiger partial charge is 0.253 e. The van der Waals surface area contributed by atoms with E-state index in [2.05, 4.69) is 17.2 Å². The van der Waals surface area contributed by atoms with Gasteiger partial charge in [-0.2, -0.15) is 11.8 Å². The average molecular weight is 279 g/mol. The number of benzene rings is 1. The van der Waals surface area contributed by atoms with E-state index in [4.69, 9.17) is 5.73 Å². The Hall–Kier alpha value is -1.62. The lowest BCUT2D eigenvalue weighted by molar-refractivity contribution is 0.0956. The second kappa shape index (κ2) is 8.48. The Morgan fingerprint density at radius 1 is 1.53 bits per heavy atom. The zero-order valence-electron chi connectivity index (χ0n) is 11.2. The minimum Gasteiger partial charge on any atom is -0.399 e. The number of amides is 1. The maximum atomic E-state index is 11.9. The van der Waals surface area contributed by atoms with Crippen molar-refractivity contribution in [3.63, 3.8) is 0 Å². The number of thioether (sulfide) groups is 1. The van der Waals surface area contributed by atoms with Crippen LogP contribution in [0.2, 0.25) is 0 Å². The third kappa shape index (κ3) is 5.26. The highest BCUT2D eigenvalue weighted by Crippen LogP contribution is 2.19. The van der Waals surface area contributed by atoms with Gasteiger partial charge < -0.3 is 16.4 Å². The molecule has 0 aromatic heterocycles. The van der Waals surface area contributed by atoms with E-state index in [1.165, 1.54) is 0 Å². The van der Waals surface area contributed by atoms with Gasteiger partial charge in [-0.3, -0.25) is 4.79 Å². The largest absolute Gasteiger partial charge is 0.399 e. The molecule has 0 fully saturated rings. The van der Waals surface area contributed by atoms with Crippen molar-refractivity contribution in [1.82, 2.24) is 5.32 Å². The van der Waals surface area contributed by atoms with E-state index >= 15 is 0 Å². The number of rotatable bonds is 8. The molecule has 0 saturated heterocycles. The van der Waals surface area contributed by atoms with Crippen molar-refractivity contribution in [2.45, 2.75) is 6.92 Å². The molecular weight excluding hydrogens is 258 g/mol. The molecule has 4 N–H and O–H groups in total. The van der Waals surface area contributed by atoms with Crippen LogP contribution in [0.5, 0.6) is 0 Å². The maximum Gasteiger partial charge on any atom is 0.253 e. The number of hydrogen-bond donors (Lipinski definition) is 3. The van der Waals surface area contributed by atoms with Crippen molar-refractivity contribution < 1.29 is 4.79 Å². The fraction of sp³-hybridized carbons (Fsp3) is 0.357. The fourth-order valence-electron chi connectivity index (χ4n) is 1.59.